The van der Waals surface area contributed by atoms with Gasteiger partial charge in [-0.15, -0.1) is 0 Å². The van der Waals surface area contributed by atoms with Gasteiger partial charge in [0, 0.05) is 28.8 Å². The molecule has 0 fully saturated rings. The lowest BCUT2D eigenvalue weighted by molar-refractivity contribution is 0.321. The van der Waals surface area contributed by atoms with Crippen LogP contribution in [0.2, 0.25) is 0 Å². The van der Waals surface area contributed by atoms with Gasteiger partial charge < -0.3 is 20.1 Å². The molecule has 3 N–H and O–H groups in total. The van der Waals surface area contributed by atoms with Gasteiger partial charge in [-0.05, 0) is 80.6 Å². The van der Waals surface area contributed by atoms with Gasteiger partial charge in [-0.1, -0.05) is 0 Å². The van der Waals surface area contributed by atoms with Crippen molar-refractivity contribution in [3.8, 4) is 11.5 Å². The fraction of sp³-hybridized carbons (Fsp3) is 0.154. The lowest BCUT2D eigenvalue weighted by Crippen LogP contribution is -2.13. The number of benzene rings is 3. The van der Waals surface area contributed by atoms with Crippen molar-refractivity contribution in [3.63, 3.8) is 0 Å². The van der Waals surface area contributed by atoms with Gasteiger partial charge in [0.25, 0.3) is 10.0 Å². The third-order valence-corrected chi connectivity index (χ3v) is 6.50. The Bertz CT molecular complexity index is 1480. The predicted molar refractivity (Wildman–Crippen MR) is 141 cm³/mol. The van der Waals surface area contributed by atoms with Gasteiger partial charge in [-0.2, -0.15) is 4.98 Å². The van der Waals surface area contributed by atoms with Crippen molar-refractivity contribution in [2.75, 3.05) is 29.1 Å². The maximum Gasteiger partial charge on any atom is 0.262 e. The summed E-state index contributed by atoms with van der Waals surface area (Å²) in [6, 6.07) is 19.3. The van der Waals surface area contributed by atoms with E-state index in [0.717, 1.165) is 23.2 Å². The van der Waals surface area contributed by atoms with Crippen molar-refractivity contribution < 1.29 is 22.3 Å². The van der Waals surface area contributed by atoms with Crippen LogP contribution in [0, 0.1) is 12.7 Å². The van der Waals surface area contributed by atoms with Crippen molar-refractivity contribution in [1.29, 1.82) is 0 Å². The molecule has 0 amide bonds. The summed E-state index contributed by atoms with van der Waals surface area (Å²) in [6.07, 6.45) is 0. The van der Waals surface area contributed by atoms with E-state index in [1.807, 2.05) is 37.3 Å². The van der Waals surface area contributed by atoms with E-state index in [9.17, 15) is 12.8 Å². The predicted octanol–water partition coefficient (Wildman–Crippen LogP) is 5.62. The van der Waals surface area contributed by atoms with Crippen molar-refractivity contribution in [1.82, 2.24) is 9.97 Å². The first kappa shape index (κ1) is 25.7. The third kappa shape index (κ3) is 6.64. The molecule has 0 atom stereocenters. The van der Waals surface area contributed by atoms with E-state index >= 15 is 0 Å². The smallest absolute Gasteiger partial charge is 0.262 e. The Kier molecular flexibility index (Phi) is 7.73. The summed E-state index contributed by atoms with van der Waals surface area (Å²) in [5.74, 6) is 0.978. The van der Waals surface area contributed by atoms with Crippen molar-refractivity contribution in [3.05, 3.63) is 84.3 Å². The highest BCUT2D eigenvalue weighted by Gasteiger charge is 2.17. The summed E-state index contributed by atoms with van der Waals surface area (Å²) in [6.45, 7) is 3.84. The second-order valence-electron chi connectivity index (χ2n) is 7.90. The van der Waals surface area contributed by atoms with E-state index in [0.29, 0.717) is 23.1 Å². The van der Waals surface area contributed by atoms with Crippen molar-refractivity contribution >= 4 is 38.9 Å². The molecule has 4 rings (SSSR count). The Balaban J connectivity index is 1.44. The Morgan fingerprint density at radius 3 is 2.16 bits per heavy atom. The van der Waals surface area contributed by atoms with Gasteiger partial charge in [0.05, 0.1) is 18.6 Å². The zero-order valence-electron chi connectivity index (χ0n) is 20.4. The molecular formula is C26H26FN5O4S. The molecule has 4 aromatic rings. The molecule has 192 valence electrons. The zero-order valence-corrected chi connectivity index (χ0v) is 21.3. The first-order valence-electron chi connectivity index (χ1n) is 11.3. The molecule has 1 aromatic heterocycles. The summed E-state index contributed by atoms with van der Waals surface area (Å²) in [5, 5.41) is 6.34. The first-order chi connectivity index (χ1) is 17.8. The largest absolute Gasteiger partial charge is 0.497 e. The van der Waals surface area contributed by atoms with E-state index < -0.39 is 15.8 Å². The number of anilines is 5. The number of rotatable bonds is 10. The highest BCUT2D eigenvalue weighted by Crippen LogP contribution is 2.25. The number of ether oxygens (including phenoxy) is 2. The Morgan fingerprint density at radius 1 is 0.865 bits per heavy atom. The Labute approximate surface area is 214 Å². The zero-order chi connectivity index (χ0) is 26.4. The quantitative estimate of drug-likeness (QED) is 0.245. The number of hydrogen-bond acceptors (Lipinski definition) is 8. The number of aromatic nitrogens is 2. The van der Waals surface area contributed by atoms with Crippen LogP contribution in [0.3, 0.4) is 0 Å². The minimum absolute atomic E-state index is 0.00222. The molecule has 0 aliphatic carbocycles. The third-order valence-electron chi connectivity index (χ3n) is 5.12. The van der Waals surface area contributed by atoms with Crippen LogP contribution in [0.4, 0.5) is 33.2 Å². The number of aryl methyl sites for hydroxylation is 1. The molecule has 0 saturated heterocycles. The summed E-state index contributed by atoms with van der Waals surface area (Å²) < 4.78 is 52.3. The van der Waals surface area contributed by atoms with E-state index in [2.05, 4.69) is 25.3 Å². The van der Waals surface area contributed by atoms with Crippen LogP contribution in [0.25, 0.3) is 0 Å². The van der Waals surface area contributed by atoms with Crippen LogP contribution >= 0.6 is 0 Å². The highest BCUT2D eigenvalue weighted by molar-refractivity contribution is 7.92. The number of hydrogen-bond donors (Lipinski definition) is 3. The lowest BCUT2D eigenvalue weighted by Gasteiger charge is -2.12. The van der Waals surface area contributed by atoms with Gasteiger partial charge in [0.2, 0.25) is 5.95 Å². The molecular weight excluding hydrogens is 497 g/mol. The Hall–Kier alpha value is -4.38. The molecule has 0 aliphatic rings. The van der Waals surface area contributed by atoms with Gasteiger partial charge in [-0.3, -0.25) is 4.72 Å². The van der Waals surface area contributed by atoms with E-state index in [1.54, 1.807) is 38.3 Å². The van der Waals surface area contributed by atoms with Crippen LogP contribution in [0.5, 0.6) is 11.5 Å². The number of methoxy groups -OCH3 is 1. The fourth-order valence-electron chi connectivity index (χ4n) is 3.40. The standard InChI is InChI=1S/C26H26FN5O4S/c1-4-36-24-14-13-22(16-23(24)27)37(33,34)32-20-7-5-19(6-8-20)30-26-28-17(2)15-25(31-26)29-18-9-11-21(35-3)12-10-18/h5-16,32H,4H2,1-3H3,(H2,28,29,30,31). The average Bonchev–Trinajstić information content (AvgIpc) is 2.86. The highest BCUT2D eigenvalue weighted by atomic mass is 32.2. The van der Waals surface area contributed by atoms with E-state index in [-0.39, 0.29) is 17.3 Å². The minimum atomic E-state index is -3.99. The van der Waals surface area contributed by atoms with Crippen LogP contribution in [0.15, 0.2) is 77.7 Å². The summed E-state index contributed by atoms with van der Waals surface area (Å²) in [5.41, 5.74) is 2.55. The second-order valence-corrected chi connectivity index (χ2v) is 9.59. The van der Waals surface area contributed by atoms with E-state index in [4.69, 9.17) is 9.47 Å². The van der Waals surface area contributed by atoms with Crippen molar-refractivity contribution in [2.24, 2.45) is 0 Å². The molecule has 3 aromatic carbocycles. The molecule has 37 heavy (non-hydrogen) atoms. The van der Waals surface area contributed by atoms with Gasteiger partial charge in [0.1, 0.15) is 11.6 Å². The average molecular weight is 524 g/mol. The summed E-state index contributed by atoms with van der Waals surface area (Å²) in [7, 11) is -2.38. The minimum Gasteiger partial charge on any atom is -0.497 e. The molecule has 0 spiro atoms. The van der Waals surface area contributed by atoms with Gasteiger partial charge >= 0.3 is 0 Å². The van der Waals surface area contributed by atoms with Crippen molar-refractivity contribution in [2.45, 2.75) is 18.7 Å². The number of halogens is 1. The molecule has 1 heterocycles. The lowest BCUT2D eigenvalue weighted by atomic mass is 10.3. The summed E-state index contributed by atoms with van der Waals surface area (Å²) >= 11 is 0. The normalized spacial score (nSPS) is 11.0. The Morgan fingerprint density at radius 2 is 1.51 bits per heavy atom. The number of nitrogens with one attached hydrogen (secondary N) is 3. The summed E-state index contributed by atoms with van der Waals surface area (Å²) in [4.78, 5) is 8.70. The van der Waals surface area contributed by atoms with Crippen LogP contribution in [-0.4, -0.2) is 32.1 Å². The van der Waals surface area contributed by atoms with E-state index in [1.165, 1.54) is 12.1 Å². The maximum absolute atomic E-state index is 14.1. The number of nitrogens with zero attached hydrogens (tertiary/aromatic N) is 2. The van der Waals surface area contributed by atoms with Crippen LogP contribution in [-0.2, 0) is 10.0 Å². The SMILES string of the molecule is CCOc1ccc(S(=O)(=O)Nc2ccc(Nc3nc(C)cc(Nc4ccc(OC)cc4)n3)cc2)cc1F. The topological polar surface area (TPSA) is 114 Å². The molecule has 9 nitrogen and oxygen atoms in total. The second kappa shape index (κ2) is 11.1. The number of sulfonamides is 1. The van der Waals surface area contributed by atoms with Crippen LogP contribution < -0.4 is 24.8 Å². The maximum atomic E-state index is 14.1. The van der Waals surface area contributed by atoms with Gasteiger partial charge in [0.15, 0.2) is 11.6 Å². The molecule has 0 saturated carbocycles. The molecule has 0 unspecified atom stereocenters. The van der Waals surface area contributed by atoms with Gasteiger partial charge in [-0.25, -0.2) is 17.8 Å². The molecule has 0 bridgehead atoms. The monoisotopic (exact) mass is 523 g/mol. The molecule has 0 radical (unpaired) electrons. The molecule has 0 aliphatic heterocycles. The van der Waals surface area contributed by atoms with Crippen LogP contribution in [0.1, 0.15) is 12.6 Å². The fourth-order valence-corrected chi connectivity index (χ4v) is 4.47. The molecule has 11 heteroatoms. The first-order valence-corrected chi connectivity index (χ1v) is 12.8.